The highest BCUT2D eigenvalue weighted by molar-refractivity contribution is 7.99. The molecule has 1 fully saturated rings. The monoisotopic (exact) mass is 454 g/mol. The van der Waals surface area contributed by atoms with Crippen molar-refractivity contribution in [3.05, 3.63) is 41.7 Å². The molecular formula is C23H26N4O4S. The second-order valence-corrected chi connectivity index (χ2v) is 8.54. The van der Waals surface area contributed by atoms with Crippen LogP contribution in [-0.2, 0) is 0 Å². The molecule has 32 heavy (non-hydrogen) atoms. The summed E-state index contributed by atoms with van der Waals surface area (Å²) in [6.07, 6.45) is 1.61. The summed E-state index contributed by atoms with van der Waals surface area (Å²) in [5, 5.41) is 4.17. The molecule has 3 aromatic rings. The third kappa shape index (κ3) is 4.25. The van der Waals surface area contributed by atoms with Gasteiger partial charge in [0.25, 0.3) is 5.91 Å². The lowest BCUT2D eigenvalue weighted by atomic mass is 10.1. The van der Waals surface area contributed by atoms with Crippen molar-refractivity contribution in [3.63, 3.8) is 0 Å². The Morgan fingerprint density at radius 3 is 2.38 bits per heavy atom. The minimum Gasteiger partial charge on any atom is -0.493 e. The Kier molecular flexibility index (Phi) is 6.55. The first kappa shape index (κ1) is 22.0. The minimum atomic E-state index is -0.0461. The lowest BCUT2D eigenvalue weighted by Crippen LogP contribution is -2.38. The van der Waals surface area contributed by atoms with Gasteiger partial charge in [0.2, 0.25) is 5.75 Å². The highest BCUT2D eigenvalue weighted by atomic mass is 32.2. The van der Waals surface area contributed by atoms with Crippen molar-refractivity contribution in [2.24, 2.45) is 0 Å². The summed E-state index contributed by atoms with van der Waals surface area (Å²) in [6.45, 7) is 3.35. The number of thioether (sulfide) groups is 1. The number of aromatic nitrogens is 2. The maximum Gasteiger partial charge on any atom is 0.257 e. The molecule has 2 aromatic heterocycles. The number of hydrogen-bond acceptors (Lipinski definition) is 8. The lowest BCUT2D eigenvalue weighted by molar-refractivity contribution is 0.0773. The van der Waals surface area contributed by atoms with Gasteiger partial charge >= 0.3 is 0 Å². The van der Waals surface area contributed by atoms with E-state index in [9.17, 15) is 4.79 Å². The number of benzene rings is 1. The lowest BCUT2D eigenvalue weighted by Gasteiger charge is -2.27. The first-order valence-electron chi connectivity index (χ1n) is 10.3. The SMILES string of the molecule is COc1cc(Nc2c(C(=O)N3CCSCC3)cnc3nc(C)ccc23)cc(OC)c1OC. The summed E-state index contributed by atoms with van der Waals surface area (Å²) in [6, 6.07) is 7.46. The number of amides is 1. The molecule has 0 unspecified atom stereocenters. The predicted octanol–water partition coefficient (Wildman–Crippen LogP) is 3.90. The highest BCUT2D eigenvalue weighted by Crippen LogP contribution is 2.41. The van der Waals surface area contributed by atoms with Gasteiger partial charge in [-0.15, -0.1) is 0 Å². The zero-order chi connectivity index (χ0) is 22.7. The second kappa shape index (κ2) is 9.52. The molecule has 0 radical (unpaired) electrons. The normalized spacial score (nSPS) is 13.7. The third-order valence-electron chi connectivity index (χ3n) is 5.33. The van der Waals surface area contributed by atoms with Gasteiger partial charge in [-0.2, -0.15) is 11.8 Å². The number of carbonyl (C=O) groups is 1. The van der Waals surface area contributed by atoms with E-state index < -0.39 is 0 Å². The molecule has 0 spiro atoms. The predicted molar refractivity (Wildman–Crippen MR) is 127 cm³/mol. The number of aryl methyl sites for hydroxylation is 1. The fourth-order valence-corrected chi connectivity index (χ4v) is 4.61. The second-order valence-electron chi connectivity index (χ2n) is 7.31. The Hall–Kier alpha value is -3.20. The molecule has 168 valence electrons. The van der Waals surface area contributed by atoms with Gasteiger partial charge in [0, 0.05) is 59.7 Å². The largest absolute Gasteiger partial charge is 0.493 e. The number of fused-ring (bicyclic) bond motifs is 1. The quantitative estimate of drug-likeness (QED) is 0.600. The Morgan fingerprint density at radius 1 is 1.06 bits per heavy atom. The molecule has 0 aliphatic carbocycles. The van der Waals surface area contributed by atoms with Crippen molar-refractivity contribution in [2.75, 3.05) is 51.2 Å². The first-order chi connectivity index (χ1) is 15.5. The Labute approximate surface area is 191 Å². The van der Waals surface area contributed by atoms with Gasteiger partial charge in [0.05, 0.1) is 32.6 Å². The van der Waals surface area contributed by atoms with Gasteiger partial charge in [0.15, 0.2) is 17.1 Å². The summed E-state index contributed by atoms with van der Waals surface area (Å²) in [5.41, 5.74) is 3.28. The molecular weight excluding hydrogens is 428 g/mol. The van der Waals surface area contributed by atoms with Crippen molar-refractivity contribution < 1.29 is 19.0 Å². The van der Waals surface area contributed by atoms with E-state index in [2.05, 4.69) is 15.3 Å². The molecule has 0 atom stereocenters. The molecule has 1 aliphatic heterocycles. The van der Waals surface area contributed by atoms with E-state index in [1.54, 1.807) is 39.7 Å². The average molecular weight is 455 g/mol. The van der Waals surface area contributed by atoms with Crippen LogP contribution in [0.5, 0.6) is 17.2 Å². The standard InChI is InChI=1S/C23H26N4O4S/c1-14-5-6-16-20(26-15-11-18(29-2)21(31-4)19(12-15)30-3)17(13-24-22(16)25-14)23(28)27-7-9-32-10-8-27/h5-6,11-13H,7-10H2,1-4H3,(H,24,25,26). The van der Waals surface area contributed by atoms with Crippen LogP contribution in [0.4, 0.5) is 11.4 Å². The fraction of sp³-hybridized carbons (Fsp3) is 0.348. The van der Waals surface area contributed by atoms with Crippen LogP contribution in [0.25, 0.3) is 11.0 Å². The van der Waals surface area contributed by atoms with Gasteiger partial charge < -0.3 is 24.4 Å². The van der Waals surface area contributed by atoms with E-state index in [4.69, 9.17) is 14.2 Å². The van der Waals surface area contributed by atoms with Crippen LogP contribution < -0.4 is 19.5 Å². The van der Waals surface area contributed by atoms with E-state index in [1.165, 1.54) is 0 Å². The van der Waals surface area contributed by atoms with Crippen molar-refractivity contribution >= 4 is 40.1 Å². The summed E-state index contributed by atoms with van der Waals surface area (Å²) < 4.78 is 16.4. The van der Waals surface area contributed by atoms with E-state index in [0.29, 0.717) is 39.8 Å². The number of nitrogens with zero attached hydrogens (tertiary/aromatic N) is 3. The Bertz CT molecular complexity index is 1120. The molecule has 4 rings (SSSR count). The molecule has 1 aromatic carbocycles. The molecule has 1 aliphatic rings. The number of nitrogens with one attached hydrogen (secondary N) is 1. The summed E-state index contributed by atoms with van der Waals surface area (Å²) in [7, 11) is 4.70. The number of methoxy groups -OCH3 is 3. The van der Waals surface area contributed by atoms with E-state index in [1.807, 2.05) is 35.7 Å². The molecule has 1 amide bonds. The molecule has 1 N–H and O–H groups in total. The maximum atomic E-state index is 13.4. The Balaban J connectivity index is 1.84. The fourth-order valence-electron chi connectivity index (χ4n) is 3.70. The number of anilines is 2. The molecule has 1 saturated heterocycles. The summed E-state index contributed by atoms with van der Waals surface area (Å²) in [4.78, 5) is 24.3. The smallest absolute Gasteiger partial charge is 0.257 e. The van der Waals surface area contributed by atoms with Gasteiger partial charge in [-0.05, 0) is 19.1 Å². The van der Waals surface area contributed by atoms with Crippen molar-refractivity contribution in [1.29, 1.82) is 0 Å². The number of hydrogen-bond donors (Lipinski definition) is 1. The van der Waals surface area contributed by atoms with E-state index in [0.717, 1.165) is 35.7 Å². The van der Waals surface area contributed by atoms with Gasteiger partial charge in [-0.25, -0.2) is 9.97 Å². The average Bonchev–Trinajstić information content (AvgIpc) is 2.83. The van der Waals surface area contributed by atoms with Crippen LogP contribution in [0.1, 0.15) is 16.1 Å². The van der Waals surface area contributed by atoms with Crippen LogP contribution in [-0.4, -0.2) is 66.7 Å². The van der Waals surface area contributed by atoms with Gasteiger partial charge in [-0.3, -0.25) is 4.79 Å². The van der Waals surface area contributed by atoms with E-state index in [-0.39, 0.29) is 5.91 Å². The third-order valence-corrected chi connectivity index (χ3v) is 6.27. The maximum absolute atomic E-state index is 13.4. The molecule has 3 heterocycles. The molecule has 0 saturated carbocycles. The minimum absolute atomic E-state index is 0.0461. The summed E-state index contributed by atoms with van der Waals surface area (Å²) in [5.74, 6) is 3.35. The van der Waals surface area contributed by atoms with E-state index >= 15 is 0 Å². The van der Waals surface area contributed by atoms with Crippen molar-refractivity contribution in [2.45, 2.75) is 6.92 Å². The van der Waals surface area contributed by atoms with Gasteiger partial charge in [-0.1, -0.05) is 0 Å². The number of rotatable bonds is 6. The summed E-state index contributed by atoms with van der Waals surface area (Å²) >= 11 is 1.86. The zero-order valence-corrected chi connectivity index (χ0v) is 19.4. The zero-order valence-electron chi connectivity index (χ0n) is 18.6. The number of ether oxygens (including phenoxy) is 3. The highest BCUT2D eigenvalue weighted by Gasteiger charge is 2.24. The van der Waals surface area contributed by atoms with Crippen LogP contribution in [0, 0.1) is 6.92 Å². The van der Waals surface area contributed by atoms with Gasteiger partial charge in [0.1, 0.15) is 0 Å². The topological polar surface area (TPSA) is 85.8 Å². The Morgan fingerprint density at radius 2 is 1.75 bits per heavy atom. The van der Waals surface area contributed by atoms with Crippen LogP contribution in [0.15, 0.2) is 30.5 Å². The molecule has 8 nitrogen and oxygen atoms in total. The van der Waals surface area contributed by atoms with Crippen LogP contribution in [0.2, 0.25) is 0 Å². The van der Waals surface area contributed by atoms with Crippen LogP contribution >= 0.6 is 11.8 Å². The molecule has 9 heteroatoms. The van der Waals surface area contributed by atoms with Crippen molar-refractivity contribution in [3.8, 4) is 17.2 Å². The number of pyridine rings is 2. The molecule has 0 bridgehead atoms. The van der Waals surface area contributed by atoms with Crippen LogP contribution in [0.3, 0.4) is 0 Å². The van der Waals surface area contributed by atoms with Crippen molar-refractivity contribution in [1.82, 2.24) is 14.9 Å². The first-order valence-corrected chi connectivity index (χ1v) is 11.4. The number of carbonyl (C=O) groups excluding carboxylic acids is 1.